The standard InChI is InChI=1S/C17H14FN5O2/c18-12-5-1-2-6-13(12)20-17(24)23-9-11(10-23)16-21-15(22-25-16)14-7-3-4-8-19-14/h1-8,11H,9-10H2,(H,20,24). The molecule has 0 aliphatic carbocycles. The summed E-state index contributed by atoms with van der Waals surface area (Å²) in [5, 5.41) is 6.47. The van der Waals surface area contributed by atoms with Crippen LogP contribution in [0.15, 0.2) is 53.2 Å². The Morgan fingerprint density at radius 2 is 2.00 bits per heavy atom. The molecule has 3 aromatic rings. The van der Waals surface area contributed by atoms with Crippen molar-refractivity contribution in [3.8, 4) is 11.5 Å². The van der Waals surface area contributed by atoms with E-state index in [9.17, 15) is 9.18 Å². The van der Waals surface area contributed by atoms with E-state index < -0.39 is 5.82 Å². The fourth-order valence-corrected chi connectivity index (χ4v) is 2.56. The van der Waals surface area contributed by atoms with Gasteiger partial charge >= 0.3 is 6.03 Å². The number of aromatic nitrogens is 3. The highest BCUT2D eigenvalue weighted by Crippen LogP contribution is 2.28. The van der Waals surface area contributed by atoms with Crippen molar-refractivity contribution in [2.75, 3.05) is 18.4 Å². The molecule has 2 amide bonds. The van der Waals surface area contributed by atoms with Crippen LogP contribution in [0.25, 0.3) is 11.5 Å². The Balaban J connectivity index is 1.37. The highest BCUT2D eigenvalue weighted by Gasteiger charge is 2.36. The molecule has 126 valence electrons. The molecule has 3 heterocycles. The van der Waals surface area contributed by atoms with Gasteiger partial charge in [0.2, 0.25) is 11.7 Å². The summed E-state index contributed by atoms with van der Waals surface area (Å²) in [5.74, 6) is 0.390. The van der Waals surface area contributed by atoms with Crippen molar-refractivity contribution in [3.63, 3.8) is 0 Å². The van der Waals surface area contributed by atoms with E-state index in [1.807, 2.05) is 12.1 Å². The van der Waals surface area contributed by atoms with Gasteiger partial charge < -0.3 is 14.7 Å². The first kappa shape index (κ1) is 15.3. The summed E-state index contributed by atoms with van der Waals surface area (Å²) in [7, 11) is 0. The second kappa shape index (κ2) is 6.31. The summed E-state index contributed by atoms with van der Waals surface area (Å²) < 4.78 is 18.8. The van der Waals surface area contributed by atoms with Gasteiger partial charge in [0, 0.05) is 19.3 Å². The number of hydrogen-bond donors (Lipinski definition) is 1. The summed E-state index contributed by atoms with van der Waals surface area (Å²) in [6.45, 7) is 0.869. The van der Waals surface area contributed by atoms with Crippen LogP contribution in [-0.2, 0) is 0 Å². The van der Waals surface area contributed by atoms with Crippen molar-refractivity contribution < 1.29 is 13.7 Å². The number of amides is 2. The molecule has 0 saturated carbocycles. The average Bonchev–Trinajstić information content (AvgIpc) is 3.06. The molecule has 1 aliphatic rings. The van der Waals surface area contributed by atoms with Crippen molar-refractivity contribution in [2.45, 2.75) is 5.92 Å². The van der Waals surface area contributed by atoms with Gasteiger partial charge in [0.15, 0.2) is 0 Å². The van der Waals surface area contributed by atoms with Crippen molar-refractivity contribution in [2.24, 2.45) is 0 Å². The number of nitrogens with zero attached hydrogens (tertiary/aromatic N) is 4. The first-order chi connectivity index (χ1) is 12.2. The lowest BCUT2D eigenvalue weighted by Gasteiger charge is -2.36. The molecule has 8 heteroatoms. The minimum atomic E-state index is -0.468. The summed E-state index contributed by atoms with van der Waals surface area (Å²) in [5.41, 5.74) is 0.789. The van der Waals surface area contributed by atoms with E-state index in [1.165, 1.54) is 12.1 Å². The Morgan fingerprint density at radius 1 is 1.20 bits per heavy atom. The monoisotopic (exact) mass is 339 g/mol. The van der Waals surface area contributed by atoms with E-state index in [4.69, 9.17) is 4.52 Å². The van der Waals surface area contributed by atoms with Gasteiger partial charge in [-0.25, -0.2) is 9.18 Å². The maximum Gasteiger partial charge on any atom is 0.321 e. The van der Waals surface area contributed by atoms with Gasteiger partial charge in [-0.05, 0) is 24.3 Å². The second-order valence-electron chi connectivity index (χ2n) is 5.68. The molecule has 0 bridgehead atoms. The Morgan fingerprint density at radius 3 is 2.76 bits per heavy atom. The zero-order valence-corrected chi connectivity index (χ0v) is 13.1. The lowest BCUT2D eigenvalue weighted by molar-refractivity contribution is 0.147. The molecule has 0 spiro atoms. The van der Waals surface area contributed by atoms with E-state index in [1.54, 1.807) is 29.3 Å². The molecule has 1 aromatic carbocycles. The van der Waals surface area contributed by atoms with Gasteiger partial charge in [0.1, 0.15) is 11.5 Å². The number of para-hydroxylation sites is 1. The molecule has 1 aliphatic heterocycles. The van der Waals surface area contributed by atoms with E-state index in [-0.39, 0.29) is 17.6 Å². The Labute approximate surface area is 142 Å². The van der Waals surface area contributed by atoms with Crippen LogP contribution in [0, 0.1) is 5.82 Å². The summed E-state index contributed by atoms with van der Waals surface area (Å²) in [6, 6.07) is 11.1. The number of benzene rings is 1. The lowest BCUT2D eigenvalue weighted by Crippen LogP contribution is -2.50. The molecule has 1 N–H and O–H groups in total. The van der Waals surface area contributed by atoms with E-state index in [0.717, 1.165) is 0 Å². The fraction of sp³-hybridized carbons (Fsp3) is 0.176. The molecule has 0 radical (unpaired) electrons. The molecular weight excluding hydrogens is 325 g/mol. The quantitative estimate of drug-likeness (QED) is 0.793. The average molecular weight is 339 g/mol. The predicted molar refractivity (Wildman–Crippen MR) is 87.3 cm³/mol. The highest BCUT2D eigenvalue weighted by molar-refractivity contribution is 5.90. The number of carbonyl (C=O) groups is 1. The van der Waals surface area contributed by atoms with Gasteiger partial charge in [0.05, 0.1) is 11.6 Å². The van der Waals surface area contributed by atoms with Crippen LogP contribution in [0.3, 0.4) is 0 Å². The van der Waals surface area contributed by atoms with Gasteiger partial charge in [-0.2, -0.15) is 4.98 Å². The maximum atomic E-state index is 13.6. The fourth-order valence-electron chi connectivity index (χ4n) is 2.56. The Kier molecular flexibility index (Phi) is 3.85. The van der Waals surface area contributed by atoms with Gasteiger partial charge in [-0.3, -0.25) is 4.98 Å². The van der Waals surface area contributed by atoms with Crippen molar-refractivity contribution in [1.29, 1.82) is 0 Å². The van der Waals surface area contributed by atoms with Gasteiger partial charge in [-0.1, -0.05) is 23.4 Å². The van der Waals surface area contributed by atoms with Crippen LogP contribution in [0.4, 0.5) is 14.9 Å². The third kappa shape index (κ3) is 3.06. The van der Waals surface area contributed by atoms with Crippen LogP contribution >= 0.6 is 0 Å². The molecular formula is C17H14FN5O2. The third-order valence-corrected chi connectivity index (χ3v) is 3.97. The summed E-state index contributed by atoms with van der Waals surface area (Å²) >= 11 is 0. The number of urea groups is 1. The summed E-state index contributed by atoms with van der Waals surface area (Å²) in [4.78, 5) is 22.2. The first-order valence-electron chi connectivity index (χ1n) is 7.76. The van der Waals surface area contributed by atoms with Gasteiger partial charge in [-0.15, -0.1) is 0 Å². The van der Waals surface area contributed by atoms with Crippen molar-refractivity contribution >= 4 is 11.7 Å². The molecule has 0 unspecified atom stereocenters. The number of pyridine rings is 1. The number of hydrogen-bond acceptors (Lipinski definition) is 5. The number of nitrogens with one attached hydrogen (secondary N) is 1. The smallest absolute Gasteiger partial charge is 0.321 e. The number of rotatable bonds is 3. The maximum absolute atomic E-state index is 13.6. The number of anilines is 1. The summed E-state index contributed by atoms with van der Waals surface area (Å²) in [6.07, 6.45) is 1.66. The molecule has 1 fully saturated rings. The minimum absolute atomic E-state index is 0.0312. The van der Waals surface area contributed by atoms with E-state index >= 15 is 0 Å². The molecule has 2 aromatic heterocycles. The van der Waals surface area contributed by atoms with Gasteiger partial charge in [0.25, 0.3) is 0 Å². The van der Waals surface area contributed by atoms with Crippen LogP contribution in [0.5, 0.6) is 0 Å². The topological polar surface area (TPSA) is 84.2 Å². The zero-order valence-electron chi connectivity index (χ0n) is 13.1. The normalized spacial score (nSPS) is 14.2. The second-order valence-corrected chi connectivity index (χ2v) is 5.68. The molecule has 7 nitrogen and oxygen atoms in total. The number of likely N-dealkylation sites (tertiary alicyclic amines) is 1. The molecule has 1 saturated heterocycles. The number of halogens is 1. The first-order valence-corrected chi connectivity index (χ1v) is 7.76. The van der Waals surface area contributed by atoms with Crippen molar-refractivity contribution in [1.82, 2.24) is 20.0 Å². The highest BCUT2D eigenvalue weighted by atomic mass is 19.1. The largest absolute Gasteiger partial charge is 0.338 e. The molecule has 4 rings (SSSR count). The Bertz CT molecular complexity index is 893. The SMILES string of the molecule is O=C(Nc1ccccc1F)N1CC(c2nc(-c3ccccn3)no2)C1. The number of carbonyl (C=O) groups excluding carboxylic acids is 1. The lowest BCUT2D eigenvalue weighted by atomic mass is 10.0. The Hall–Kier alpha value is -3.29. The molecule has 25 heavy (non-hydrogen) atoms. The predicted octanol–water partition coefficient (Wildman–Crippen LogP) is 2.90. The van der Waals surface area contributed by atoms with Crippen molar-refractivity contribution in [3.05, 3.63) is 60.4 Å². The van der Waals surface area contributed by atoms with Crippen LogP contribution < -0.4 is 5.32 Å². The minimum Gasteiger partial charge on any atom is -0.338 e. The van der Waals surface area contributed by atoms with Crippen LogP contribution in [0.1, 0.15) is 11.8 Å². The zero-order chi connectivity index (χ0) is 17.2. The van der Waals surface area contributed by atoms with Crippen LogP contribution in [0.2, 0.25) is 0 Å². The van der Waals surface area contributed by atoms with E-state index in [2.05, 4.69) is 20.4 Å². The van der Waals surface area contributed by atoms with E-state index in [0.29, 0.717) is 30.5 Å². The molecule has 0 atom stereocenters. The van der Waals surface area contributed by atoms with Crippen LogP contribution in [-0.4, -0.2) is 39.1 Å². The third-order valence-electron chi connectivity index (χ3n) is 3.97.